The van der Waals surface area contributed by atoms with E-state index in [0.29, 0.717) is 18.8 Å². The molecule has 0 unspecified atom stereocenters. The average molecular weight is 383 g/mol. The van der Waals surface area contributed by atoms with Crippen LogP contribution in [0.15, 0.2) is 11.6 Å². The topological polar surface area (TPSA) is 60.7 Å². The average Bonchev–Trinajstić information content (AvgIpc) is 2.79. The number of rotatable bonds is 0. The van der Waals surface area contributed by atoms with Gasteiger partial charge in [0.1, 0.15) is 6.17 Å². The first-order valence-electron chi connectivity index (χ1n) is 9.75. The van der Waals surface area contributed by atoms with Gasteiger partial charge in [0.2, 0.25) is 0 Å². The van der Waals surface area contributed by atoms with Gasteiger partial charge in [-0.3, -0.25) is 0 Å². The predicted octanol–water partition coefficient (Wildman–Crippen LogP) is 3.16. The molecule has 3 nitrogen and oxygen atoms in total. The van der Waals surface area contributed by atoms with Gasteiger partial charge in [-0.1, -0.05) is 19.9 Å². The number of allylic oxidation sites excluding steroid dienone is 1. The molecule has 0 aromatic heterocycles. The van der Waals surface area contributed by atoms with Gasteiger partial charge >= 0.3 is 0 Å². The summed E-state index contributed by atoms with van der Waals surface area (Å²) < 4.78 is 14.7. The van der Waals surface area contributed by atoms with Gasteiger partial charge in [0, 0.05) is 10.8 Å². The molecule has 0 heterocycles. The van der Waals surface area contributed by atoms with E-state index in [2.05, 4.69) is 18.2 Å². The first-order valence-corrected chi connectivity index (χ1v) is 10.1. The molecule has 9 atom stereocenters. The maximum absolute atomic E-state index is 14.7. The lowest BCUT2D eigenvalue weighted by atomic mass is 9.47. The summed E-state index contributed by atoms with van der Waals surface area (Å²) in [5, 5.41) is 34.0. The SMILES string of the molecule is C[C@]12CC[C@H](O)[C@@H](F)C1=CC[C@@H]1[C@@H]2CC[C@@]2(C)[C@H]1C[C@@H](O)[C@@]2(O)C#CCl. The summed E-state index contributed by atoms with van der Waals surface area (Å²) in [5.74, 6) is 3.41. The van der Waals surface area contributed by atoms with E-state index < -0.39 is 29.4 Å². The van der Waals surface area contributed by atoms with Crippen LogP contribution in [0.1, 0.15) is 52.4 Å². The van der Waals surface area contributed by atoms with E-state index in [1.54, 1.807) is 0 Å². The van der Waals surface area contributed by atoms with Gasteiger partial charge < -0.3 is 15.3 Å². The van der Waals surface area contributed by atoms with Crippen molar-refractivity contribution in [3.8, 4) is 11.3 Å². The molecule has 0 radical (unpaired) electrons. The van der Waals surface area contributed by atoms with E-state index in [1.807, 2.05) is 13.0 Å². The van der Waals surface area contributed by atoms with Crippen molar-refractivity contribution in [2.24, 2.45) is 28.6 Å². The van der Waals surface area contributed by atoms with Crippen molar-refractivity contribution in [3.63, 3.8) is 0 Å². The predicted molar refractivity (Wildman–Crippen MR) is 98.0 cm³/mol. The van der Waals surface area contributed by atoms with Crippen LogP contribution >= 0.6 is 11.6 Å². The van der Waals surface area contributed by atoms with E-state index in [4.69, 9.17) is 11.6 Å². The first kappa shape index (κ1) is 18.7. The Bertz CT molecular complexity index is 699. The molecule has 4 aliphatic rings. The highest BCUT2D eigenvalue weighted by molar-refractivity contribution is 6.30. The molecule has 0 aromatic rings. The third-order valence-electron chi connectivity index (χ3n) is 8.58. The van der Waals surface area contributed by atoms with Gasteiger partial charge in [-0.15, -0.1) is 0 Å². The normalized spacial score (nSPS) is 55.7. The van der Waals surface area contributed by atoms with Gasteiger partial charge in [-0.05, 0) is 84.8 Å². The fraction of sp³-hybridized carbons (Fsp3) is 0.810. The Labute approximate surface area is 159 Å². The maximum atomic E-state index is 14.7. The molecule has 0 bridgehead atoms. The van der Waals surface area contributed by atoms with E-state index >= 15 is 0 Å². The number of hydrogen-bond donors (Lipinski definition) is 3. The number of fused-ring (bicyclic) bond motifs is 5. The van der Waals surface area contributed by atoms with Gasteiger partial charge in [-0.2, -0.15) is 0 Å². The Balaban J connectivity index is 1.73. The van der Waals surface area contributed by atoms with Gasteiger partial charge in [0.25, 0.3) is 0 Å². The summed E-state index contributed by atoms with van der Waals surface area (Å²) in [6.45, 7) is 4.17. The highest BCUT2D eigenvalue weighted by Gasteiger charge is 2.67. The van der Waals surface area contributed by atoms with Crippen LogP contribution in [0.4, 0.5) is 4.39 Å². The molecule has 0 aromatic carbocycles. The molecule has 4 rings (SSSR count). The van der Waals surface area contributed by atoms with Crippen molar-refractivity contribution in [2.75, 3.05) is 0 Å². The number of halogens is 2. The molecule has 144 valence electrons. The molecule has 0 spiro atoms. The van der Waals surface area contributed by atoms with Crippen LogP contribution < -0.4 is 0 Å². The molecule has 0 saturated heterocycles. The molecule has 0 amide bonds. The zero-order valence-corrected chi connectivity index (χ0v) is 16.1. The molecular weight excluding hydrogens is 355 g/mol. The second-order valence-corrected chi connectivity index (χ2v) is 9.58. The molecule has 3 fully saturated rings. The van der Waals surface area contributed by atoms with Gasteiger partial charge in [0.05, 0.1) is 12.2 Å². The van der Waals surface area contributed by atoms with Crippen LogP contribution in [0.5, 0.6) is 0 Å². The molecule has 3 saturated carbocycles. The summed E-state index contributed by atoms with van der Waals surface area (Å²) in [5.41, 5.74) is -1.47. The Morgan fingerprint density at radius 2 is 1.92 bits per heavy atom. The number of aliphatic hydroxyl groups is 3. The Morgan fingerprint density at radius 1 is 1.19 bits per heavy atom. The second kappa shape index (κ2) is 5.95. The minimum atomic E-state index is -1.49. The van der Waals surface area contributed by atoms with Crippen molar-refractivity contribution in [1.82, 2.24) is 0 Å². The molecular formula is C21H28ClFO3. The lowest BCUT2D eigenvalue weighted by molar-refractivity contribution is -0.121. The fourth-order valence-corrected chi connectivity index (χ4v) is 7.14. The van der Waals surface area contributed by atoms with Crippen molar-refractivity contribution in [2.45, 2.75) is 76.4 Å². The third kappa shape index (κ3) is 2.18. The van der Waals surface area contributed by atoms with E-state index in [1.165, 1.54) is 0 Å². The Hall–Kier alpha value is -0.600. The molecule has 4 aliphatic carbocycles. The minimum Gasteiger partial charge on any atom is -0.390 e. The zero-order valence-electron chi connectivity index (χ0n) is 15.4. The summed E-state index contributed by atoms with van der Waals surface area (Å²) in [7, 11) is 0. The number of aliphatic hydroxyl groups excluding tert-OH is 2. The van der Waals surface area contributed by atoms with Crippen LogP contribution in [-0.4, -0.2) is 39.3 Å². The molecule has 26 heavy (non-hydrogen) atoms. The van der Waals surface area contributed by atoms with Crippen LogP contribution in [0.25, 0.3) is 0 Å². The first-order chi connectivity index (χ1) is 12.2. The summed E-state index contributed by atoms with van der Waals surface area (Å²) in [6.07, 6.45) is 3.05. The molecule has 0 aliphatic heterocycles. The number of alkyl halides is 1. The van der Waals surface area contributed by atoms with E-state index in [0.717, 1.165) is 31.3 Å². The number of hydrogen-bond acceptors (Lipinski definition) is 3. The monoisotopic (exact) mass is 382 g/mol. The highest BCUT2D eigenvalue weighted by atomic mass is 35.5. The summed E-state index contributed by atoms with van der Waals surface area (Å²) in [4.78, 5) is 0. The van der Waals surface area contributed by atoms with Crippen LogP contribution in [0.2, 0.25) is 0 Å². The maximum Gasteiger partial charge on any atom is 0.157 e. The molecule has 3 N–H and O–H groups in total. The smallest absolute Gasteiger partial charge is 0.157 e. The Kier molecular flexibility index (Phi) is 4.29. The molecule has 5 heteroatoms. The van der Waals surface area contributed by atoms with E-state index in [-0.39, 0.29) is 17.3 Å². The zero-order chi connectivity index (χ0) is 18.9. The van der Waals surface area contributed by atoms with Crippen molar-refractivity contribution < 1.29 is 19.7 Å². The van der Waals surface area contributed by atoms with E-state index in [9.17, 15) is 19.7 Å². The Morgan fingerprint density at radius 3 is 2.62 bits per heavy atom. The van der Waals surface area contributed by atoms with Crippen LogP contribution in [0, 0.1) is 39.9 Å². The van der Waals surface area contributed by atoms with Gasteiger partial charge in [0.15, 0.2) is 5.60 Å². The van der Waals surface area contributed by atoms with Gasteiger partial charge in [-0.25, -0.2) is 4.39 Å². The third-order valence-corrected chi connectivity index (χ3v) is 8.67. The second-order valence-electron chi connectivity index (χ2n) is 9.39. The summed E-state index contributed by atoms with van der Waals surface area (Å²) in [6, 6.07) is 0. The lowest BCUT2D eigenvalue weighted by Gasteiger charge is -2.58. The minimum absolute atomic E-state index is 0.123. The van der Waals surface area contributed by atoms with Crippen molar-refractivity contribution >= 4 is 11.6 Å². The highest BCUT2D eigenvalue weighted by Crippen LogP contribution is 2.67. The standard InChI is InChI=1S/C21H28ClFO3/c1-19-7-6-16(24)18(23)14(19)4-3-12-13(19)5-8-20(2)15(12)11-17(25)21(20,26)9-10-22/h4,12-13,15-18,24-26H,3,5-8,11H2,1-2H3/t12-,13+,15+,16+,17-,18+,19-,20+,21+/m1/s1. The van der Waals surface area contributed by atoms with Crippen molar-refractivity contribution in [1.29, 1.82) is 0 Å². The van der Waals surface area contributed by atoms with Crippen LogP contribution in [-0.2, 0) is 0 Å². The fourth-order valence-electron chi connectivity index (χ4n) is 6.99. The lowest BCUT2D eigenvalue weighted by Crippen LogP contribution is -2.56. The van der Waals surface area contributed by atoms with Crippen LogP contribution in [0.3, 0.4) is 0 Å². The quantitative estimate of drug-likeness (QED) is 0.445. The van der Waals surface area contributed by atoms with Crippen molar-refractivity contribution in [3.05, 3.63) is 11.6 Å². The summed E-state index contributed by atoms with van der Waals surface area (Å²) >= 11 is 5.60. The largest absolute Gasteiger partial charge is 0.390 e.